The number of hydrogen-bond donors (Lipinski definition) is 1. The Morgan fingerprint density at radius 1 is 0.947 bits per heavy atom. The normalized spacial score (nSPS) is 12.4. The Balaban J connectivity index is 1.82. The van der Waals surface area contributed by atoms with Gasteiger partial charge in [-0.25, -0.2) is 0 Å². The lowest BCUT2D eigenvalue weighted by atomic mass is 10.0. The molecule has 3 aromatic carbocycles. The molecule has 0 saturated carbocycles. The molecule has 38 heavy (non-hydrogen) atoms. The molecule has 3 aromatic rings. The first kappa shape index (κ1) is 28.9. The molecule has 0 bridgehead atoms. The number of nitrogens with one attached hydrogen (secondary N) is 1. The first-order valence-corrected chi connectivity index (χ1v) is 13.9. The molecule has 3 rings (SSSR count). The zero-order chi connectivity index (χ0) is 27.5. The number of rotatable bonds is 13. The van der Waals surface area contributed by atoms with E-state index in [0.29, 0.717) is 18.7 Å². The molecule has 0 heterocycles. The highest BCUT2D eigenvalue weighted by molar-refractivity contribution is 7.99. The van der Waals surface area contributed by atoms with Crippen LogP contribution in [0.3, 0.4) is 0 Å². The van der Waals surface area contributed by atoms with E-state index in [4.69, 9.17) is 0 Å². The quantitative estimate of drug-likeness (QED) is 0.225. The van der Waals surface area contributed by atoms with E-state index in [-0.39, 0.29) is 29.3 Å². The van der Waals surface area contributed by atoms with Gasteiger partial charge in [-0.1, -0.05) is 79.2 Å². The van der Waals surface area contributed by atoms with Crippen molar-refractivity contribution in [3.05, 3.63) is 111 Å². The summed E-state index contributed by atoms with van der Waals surface area (Å²) < 4.78 is 0. The van der Waals surface area contributed by atoms with Gasteiger partial charge in [-0.15, -0.1) is 11.8 Å². The number of nitro groups is 1. The van der Waals surface area contributed by atoms with Crippen LogP contribution in [0.25, 0.3) is 0 Å². The van der Waals surface area contributed by atoms with Gasteiger partial charge in [0, 0.05) is 36.9 Å². The molecule has 7 nitrogen and oxygen atoms in total. The molecule has 0 aliphatic rings. The third kappa shape index (κ3) is 8.73. The Kier molecular flexibility index (Phi) is 10.9. The van der Waals surface area contributed by atoms with E-state index in [0.717, 1.165) is 28.7 Å². The first-order valence-electron chi connectivity index (χ1n) is 12.8. The van der Waals surface area contributed by atoms with Crippen LogP contribution in [0.2, 0.25) is 0 Å². The summed E-state index contributed by atoms with van der Waals surface area (Å²) in [5.41, 5.74) is 4.00. The topological polar surface area (TPSA) is 92.6 Å². The smallest absolute Gasteiger partial charge is 0.269 e. The molecule has 0 fully saturated rings. The Morgan fingerprint density at radius 3 is 2.18 bits per heavy atom. The summed E-state index contributed by atoms with van der Waals surface area (Å²) in [6.45, 7) is 6.31. The van der Waals surface area contributed by atoms with Crippen molar-refractivity contribution in [3.8, 4) is 0 Å². The maximum Gasteiger partial charge on any atom is 0.269 e. The van der Waals surface area contributed by atoms with E-state index >= 15 is 0 Å². The van der Waals surface area contributed by atoms with Gasteiger partial charge in [0.15, 0.2) is 0 Å². The van der Waals surface area contributed by atoms with Crippen LogP contribution in [0, 0.1) is 17.0 Å². The molecule has 8 heteroatoms. The molecule has 2 amide bonds. The van der Waals surface area contributed by atoms with Gasteiger partial charge >= 0.3 is 0 Å². The molecule has 1 N–H and O–H groups in total. The average Bonchev–Trinajstić information content (AvgIpc) is 2.92. The Labute approximate surface area is 228 Å². The van der Waals surface area contributed by atoms with Crippen LogP contribution >= 0.6 is 11.8 Å². The van der Waals surface area contributed by atoms with Crippen LogP contribution in [-0.2, 0) is 28.3 Å². The monoisotopic (exact) mass is 533 g/mol. The van der Waals surface area contributed by atoms with Crippen LogP contribution in [0.4, 0.5) is 5.69 Å². The SMILES string of the molecule is CCC(C)NC(=O)C(Cc1ccccc1)N(Cc1ccc(C)cc1)C(=O)CSCc1ccc([N+](=O)[O-])cc1. The molecular formula is C30H35N3O4S. The number of carbonyl (C=O) groups is 2. The molecule has 0 aliphatic carbocycles. The van der Waals surface area contributed by atoms with E-state index < -0.39 is 11.0 Å². The van der Waals surface area contributed by atoms with Gasteiger partial charge in [-0.3, -0.25) is 19.7 Å². The minimum Gasteiger partial charge on any atom is -0.352 e. The number of benzene rings is 3. The van der Waals surface area contributed by atoms with Crippen LogP contribution in [0.1, 0.15) is 42.5 Å². The highest BCUT2D eigenvalue weighted by atomic mass is 32.2. The van der Waals surface area contributed by atoms with Gasteiger partial charge < -0.3 is 10.2 Å². The molecule has 0 spiro atoms. The van der Waals surface area contributed by atoms with Gasteiger partial charge in [0.25, 0.3) is 5.69 Å². The van der Waals surface area contributed by atoms with Gasteiger partial charge in [-0.2, -0.15) is 0 Å². The minimum absolute atomic E-state index is 0.00591. The predicted octanol–water partition coefficient (Wildman–Crippen LogP) is 5.69. The number of non-ortho nitro benzene ring substituents is 1. The summed E-state index contributed by atoms with van der Waals surface area (Å²) in [7, 11) is 0. The molecule has 0 aromatic heterocycles. The Bertz CT molecular complexity index is 1200. The minimum atomic E-state index is -0.667. The van der Waals surface area contributed by atoms with Crippen molar-refractivity contribution in [1.82, 2.24) is 10.2 Å². The molecule has 2 atom stereocenters. The zero-order valence-electron chi connectivity index (χ0n) is 22.1. The van der Waals surface area contributed by atoms with Gasteiger partial charge in [0.2, 0.25) is 11.8 Å². The maximum absolute atomic E-state index is 13.7. The number of nitro benzene ring substituents is 1. The number of amides is 2. The summed E-state index contributed by atoms with van der Waals surface area (Å²) in [5.74, 6) is 0.427. The van der Waals surface area contributed by atoms with Gasteiger partial charge in [-0.05, 0) is 37.0 Å². The second-order valence-corrected chi connectivity index (χ2v) is 10.4. The third-order valence-electron chi connectivity index (χ3n) is 6.39. The van der Waals surface area contributed by atoms with Crippen LogP contribution in [0.15, 0.2) is 78.9 Å². The largest absolute Gasteiger partial charge is 0.352 e. The lowest BCUT2D eigenvalue weighted by molar-refractivity contribution is -0.384. The lowest BCUT2D eigenvalue weighted by Gasteiger charge is -2.32. The zero-order valence-corrected chi connectivity index (χ0v) is 22.9. The number of carbonyl (C=O) groups excluding carboxylic acids is 2. The highest BCUT2D eigenvalue weighted by Gasteiger charge is 2.30. The van der Waals surface area contributed by atoms with Crippen molar-refractivity contribution in [2.24, 2.45) is 0 Å². The van der Waals surface area contributed by atoms with Gasteiger partial charge in [0.05, 0.1) is 10.7 Å². The Hall–Kier alpha value is -3.65. The van der Waals surface area contributed by atoms with E-state index in [1.807, 2.05) is 75.4 Å². The standard InChI is InChI=1S/C30H35N3O4S/c1-4-23(3)31-30(35)28(18-24-8-6-5-7-9-24)32(19-25-12-10-22(2)11-13-25)29(34)21-38-20-26-14-16-27(17-15-26)33(36)37/h5-17,23,28H,4,18-21H2,1-3H3,(H,31,35). The van der Waals surface area contributed by atoms with Crippen molar-refractivity contribution >= 4 is 29.3 Å². The van der Waals surface area contributed by atoms with Crippen molar-refractivity contribution in [3.63, 3.8) is 0 Å². The molecular weight excluding hydrogens is 498 g/mol. The fraction of sp³-hybridized carbons (Fsp3) is 0.333. The average molecular weight is 534 g/mol. The van der Waals surface area contributed by atoms with Gasteiger partial charge in [0.1, 0.15) is 6.04 Å². The fourth-order valence-electron chi connectivity index (χ4n) is 3.94. The molecule has 0 aliphatic heterocycles. The molecule has 200 valence electrons. The molecule has 0 saturated heterocycles. The lowest BCUT2D eigenvalue weighted by Crippen LogP contribution is -2.52. The van der Waals surface area contributed by atoms with Crippen molar-refractivity contribution in [2.45, 2.75) is 58.0 Å². The third-order valence-corrected chi connectivity index (χ3v) is 7.38. The number of thioether (sulfide) groups is 1. The number of nitrogens with zero attached hydrogens (tertiary/aromatic N) is 2. The fourth-order valence-corrected chi connectivity index (χ4v) is 4.81. The van der Waals surface area contributed by atoms with Crippen LogP contribution in [-0.4, -0.2) is 39.5 Å². The molecule has 2 unspecified atom stereocenters. The van der Waals surface area contributed by atoms with E-state index in [2.05, 4.69) is 5.32 Å². The van der Waals surface area contributed by atoms with Crippen molar-refractivity contribution in [2.75, 3.05) is 5.75 Å². The summed E-state index contributed by atoms with van der Waals surface area (Å²) in [5, 5.41) is 14.0. The second-order valence-electron chi connectivity index (χ2n) is 9.45. The van der Waals surface area contributed by atoms with E-state index in [1.165, 1.54) is 23.9 Å². The molecule has 0 radical (unpaired) electrons. The van der Waals surface area contributed by atoms with E-state index in [1.54, 1.807) is 17.0 Å². The summed E-state index contributed by atoms with van der Waals surface area (Å²) in [6.07, 6.45) is 1.20. The second kappa shape index (κ2) is 14.3. The van der Waals surface area contributed by atoms with Crippen molar-refractivity contribution in [1.29, 1.82) is 0 Å². The predicted molar refractivity (Wildman–Crippen MR) is 153 cm³/mol. The summed E-state index contributed by atoms with van der Waals surface area (Å²) in [6, 6.07) is 23.4. The van der Waals surface area contributed by atoms with Crippen LogP contribution in [0.5, 0.6) is 0 Å². The number of hydrogen-bond acceptors (Lipinski definition) is 5. The Morgan fingerprint density at radius 2 is 1.58 bits per heavy atom. The highest BCUT2D eigenvalue weighted by Crippen LogP contribution is 2.20. The summed E-state index contributed by atoms with van der Waals surface area (Å²) >= 11 is 1.43. The van der Waals surface area contributed by atoms with Crippen molar-refractivity contribution < 1.29 is 14.5 Å². The maximum atomic E-state index is 13.7. The summed E-state index contributed by atoms with van der Waals surface area (Å²) in [4.78, 5) is 39.4. The first-order chi connectivity index (χ1) is 18.3. The number of aryl methyl sites for hydroxylation is 1. The van der Waals surface area contributed by atoms with Crippen LogP contribution < -0.4 is 5.32 Å². The van der Waals surface area contributed by atoms with E-state index in [9.17, 15) is 19.7 Å².